The van der Waals surface area contributed by atoms with Crippen LogP contribution in [0.4, 0.5) is 0 Å². The molecule has 0 aliphatic heterocycles. The second-order valence-electron chi connectivity index (χ2n) is 7.91. The molecule has 0 bridgehead atoms. The third-order valence-electron chi connectivity index (χ3n) is 4.96. The molecule has 0 heterocycles. The van der Waals surface area contributed by atoms with Crippen molar-refractivity contribution in [1.82, 2.24) is 0 Å². The zero-order chi connectivity index (χ0) is 18.1. The van der Waals surface area contributed by atoms with E-state index in [9.17, 15) is 4.79 Å². The highest BCUT2D eigenvalue weighted by molar-refractivity contribution is 6.03. The number of aryl methyl sites for hydroxylation is 2. The van der Waals surface area contributed by atoms with Gasteiger partial charge in [0.1, 0.15) is 5.75 Å². The summed E-state index contributed by atoms with van der Waals surface area (Å²) in [4.78, 5) is 13.2. The first kappa shape index (κ1) is 18.5. The van der Waals surface area contributed by atoms with Gasteiger partial charge in [-0.1, -0.05) is 58.4 Å². The molecule has 2 rings (SSSR count). The van der Waals surface area contributed by atoms with Crippen LogP contribution < -0.4 is 4.74 Å². The summed E-state index contributed by atoms with van der Waals surface area (Å²) in [5.74, 6) is 1.10. The Hall–Kier alpha value is -1.83. The van der Waals surface area contributed by atoms with Gasteiger partial charge in [0, 0.05) is 0 Å². The molecule has 0 spiro atoms. The Balaban J connectivity index is 2.58. The fourth-order valence-electron chi connectivity index (χ4n) is 3.61. The number of methoxy groups -OCH3 is 1. The lowest BCUT2D eigenvalue weighted by molar-refractivity contribution is -0.118. The number of allylic oxidation sites excluding steroid dienone is 4. The van der Waals surface area contributed by atoms with E-state index in [1.165, 1.54) is 0 Å². The Kier molecular flexibility index (Phi) is 5.08. The predicted molar refractivity (Wildman–Crippen MR) is 101 cm³/mol. The predicted octanol–water partition coefficient (Wildman–Crippen LogP) is 5.46. The molecule has 1 aromatic carbocycles. The van der Waals surface area contributed by atoms with Gasteiger partial charge in [0.2, 0.25) is 0 Å². The van der Waals surface area contributed by atoms with Gasteiger partial charge < -0.3 is 4.74 Å². The molecule has 0 fully saturated rings. The number of ketones is 1. The minimum atomic E-state index is -0.550. The second kappa shape index (κ2) is 6.58. The van der Waals surface area contributed by atoms with Crippen molar-refractivity contribution < 1.29 is 9.53 Å². The molecule has 0 N–H and O–H groups in total. The topological polar surface area (TPSA) is 26.3 Å². The van der Waals surface area contributed by atoms with Crippen LogP contribution in [0, 0.1) is 19.3 Å². The summed E-state index contributed by atoms with van der Waals surface area (Å²) < 4.78 is 5.48. The SMILES string of the molecule is CCCC1(c2cc(C)c(OC)c(C)c2)C=CC(C(C)(C)C)=CC1=O. The zero-order valence-corrected chi connectivity index (χ0v) is 16.1. The Morgan fingerprint density at radius 2 is 1.71 bits per heavy atom. The molecule has 0 aromatic heterocycles. The molecule has 0 amide bonds. The first-order valence-electron chi connectivity index (χ1n) is 8.77. The maximum absolute atomic E-state index is 13.2. The molecule has 2 heteroatoms. The van der Waals surface area contributed by atoms with Crippen molar-refractivity contribution in [1.29, 1.82) is 0 Å². The number of rotatable bonds is 4. The highest BCUT2D eigenvalue weighted by Gasteiger charge is 2.39. The van der Waals surface area contributed by atoms with E-state index in [0.717, 1.165) is 40.9 Å². The van der Waals surface area contributed by atoms with Crippen LogP contribution in [0.15, 0.2) is 35.9 Å². The first-order chi connectivity index (χ1) is 11.2. The number of hydrogen-bond acceptors (Lipinski definition) is 2. The molecule has 1 aliphatic rings. The van der Waals surface area contributed by atoms with E-state index in [-0.39, 0.29) is 11.2 Å². The van der Waals surface area contributed by atoms with Crippen LogP contribution in [0.5, 0.6) is 5.75 Å². The third kappa shape index (κ3) is 3.19. The molecule has 1 aliphatic carbocycles. The molecular weight excluding hydrogens is 296 g/mol. The van der Waals surface area contributed by atoms with Gasteiger partial charge in [-0.3, -0.25) is 4.79 Å². The van der Waals surface area contributed by atoms with Gasteiger partial charge in [-0.25, -0.2) is 0 Å². The molecule has 1 aromatic rings. The lowest BCUT2D eigenvalue weighted by atomic mass is 9.68. The average molecular weight is 326 g/mol. The minimum Gasteiger partial charge on any atom is -0.496 e. The Bertz CT molecular complexity index is 678. The largest absolute Gasteiger partial charge is 0.496 e. The van der Waals surface area contributed by atoms with Crippen LogP contribution in [0.25, 0.3) is 0 Å². The molecule has 2 nitrogen and oxygen atoms in total. The first-order valence-corrected chi connectivity index (χ1v) is 8.77. The fraction of sp³-hybridized carbons (Fsp3) is 0.500. The second-order valence-corrected chi connectivity index (χ2v) is 7.91. The van der Waals surface area contributed by atoms with Crippen molar-refractivity contribution in [2.45, 2.75) is 59.8 Å². The number of hydrogen-bond donors (Lipinski definition) is 0. The van der Waals surface area contributed by atoms with E-state index in [1.807, 2.05) is 19.9 Å². The van der Waals surface area contributed by atoms with Crippen molar-refractivity contribution in [2.75, 3.05) is 7.11 Å². The average Bonchev–Trinajstić information content (AvgIpc) is 2.48. The Morgan fingerprint density at radius 3 is 2.12 bits per heavy atom. The van der Waals surface area contributed by atoms with Crippen LogP contribution in [0.2, 0.25) is 0 Å². The summed E-state index contributed by atoms with van der Waals surface area (Å²) in [5.41, 5.74) is 3.76. The molecule has 0 saturated heterocycles. The van der Waals surface area contributed by atoms with Gasteiger partial charge in [0.15, 0.2) is 5.78 Å². The third-order valence-corrected chi connectivity index (χ3v) is 4.96. The number of carbonyl (C=O) groups is 1. The van der Waals surface area contributed by atoms with Crippen molar-refractivity contribution in [3.05, 3.63) is 52.6 Å². The smallest absolute Gasteiger partial charge is 0.170 e. The molecule has 130 valence electrons. The molecule has 24 heavy (non-hydrogen) atoms. The van der Waals surface area contributed by atoms with Gasteiger partial charge in [-0.15, -0.1) is 0 Å². The highest BCUT2D eigenvalue weighted by atomic mass is 16.5. The van der Waals surface area contributed by atoms with Crippen molar-refractivity contribution >= 4 is 5.78 Å². The van der Waals surface area contributed by atoms with Crippen molar-refractivity contribution in [3.63, 3.8) is 0 Å². The van der Waals surface area contributed by atoms with Crippen LogP contribution in [0.1, 0.15) is 57.2 Å². The van der Waals surface area contributed by atoms with E-state index in [2.05, 4.69) is 52.0 Å². The van der Waals surface area contributed by atoms with Crippen LogP contribution in [-0.2, 0) is 10.2 Å². The van der Waals surface area contributed by atoms with Gasteiger partial charge in [-0.2, -0.15) is 0 Å². The lowest BCUT2D eigenvalue weighted by Gasteiger charge is -2.34. The van der Waals surface area contributed by atoms with E-state index < -0.39 is 5.41 Å². The standard InChI is InChI=1S/C22H30O2/c1-8-10-22(11-9-17(14-19(22)23)21(4,5)6)18-12-15(2)20(24-7)16(3)13-18/h9,11-14H,8,10H2,1-7H3. The van der Waals surface area contributed by atoms with E-state index in [0.29, 0.717) is 0 Å². The van der Waals surface area contributed by atoms with Gasteiger partial charge in [0.25, 0.3) is 0 Å². The molecule has 1 atom stereocenters. The zero-order valence-electron chi connectivity index (χ0n) is 16.1. The number of benzene rings is 1. The van der Waals surface area contributed by atoms with Crippen LogP contribution in [0.3, 0.4) is 0 Å². The van der Waals surface area contributed by atoms with Gasteiger partial charge in [0.05, 0.1) is 12.5 Å². The minimum absolute atomic E-state index is 0.0176. The summed E-state index contributed by atoms with van der Waals surface area (Å²) in [6.45, 7) is 12.7. The Morgan fingerprint density at radius 1 is 1.12 bits per heavy atom. The highest BCUT2D eigenvalue weighted by Crippen LogP contribution is 2.41. The van der Waals surface area contributed by atoms with Gasteiger partial charge in [-0.05, 0) is 54.0 Å². The van der Waals surface area contributed by atoms with Crippen LogP contribution >= 0.6 is 0 Å². The lowest BCUT2D eigenvalue weighted by Crippen LogP contribution is -2.35. The maximum atomic E-state index is 13.2. The summed E-state index contributed by atoms with van der Waals surface area (Å²) in [6.07, 6.45) is 7.90. The molecule has 0 saturated carbocycles. The number of ether oxygens (including phenoxy) is 1. The quantitative estimate of drug-likeness (QED) is 0.734. The fourth-order valence-corrected chi connectivity index (χ4v) is 3.61. The normalized spacial score (nSPS) is 21.0. The number of carbonyl (C=O) groups excluding carboxylic acids is 1. The summed E-state index contributed by atoms with van der Waals surface area (Å²) in [5, 5.41) is 0. The van der Waals surface area contributed by atoms with E-state index in [1.54, 1.807) is 7.11 Å². The monoisotopic (exact) mass is 326 g/mol. The maximum Gasteiger partial charge on any atom is 0.170 e. The van der Waals surface area contributed by atoms with Crippen LogP contribution in [-0.4, -0.2) is 12.9 Å². The molecule has 1 unspecified atom stereocenters. The van der Waals surface area contributed by atoms with Crippen molar-refractivity contribution in [2.24, 2.45) is 5.41 Å². The van der Waals surface area contributed by atoms with E-state index >= 15 is 0 Å². The summed E-state index contributed by atoms with van der Waals surface area (Å²) in [6, 6.07) is 4.22. The van der Waals surface area contributed by atoms with E-state index in [4.69, 9.17) is 4.74 Å². The molecule has 0 radical (unpaired) electrons. The summed E-state index contributed by atoms with van der Waals surface area (Å²) in [7, 11) is 1.70. The summed E-state index contributed by atoms with van der Waals surface area (Å²) >= 11 is 0. The van der Waals surface area contributed by atoms with Crippen molar-refractivity contribution in [3.8, 4) is 5.75 Å². The Labute approximate surface area is 146 Å². The van der Waals surface area contributed by atoms with Gasteiger partial charge >= 0.3 is 0 Å². The molecular formula is C22H30O2.